The molecular weight excluding hydrogens is 415 g/mol. The van der Waals surface area contributed by atoms with Crippen LogP contribution in [-0.2, 0) is 9.59 Å². The number of aliphatic hydroxyl groups is 1. The molecule has 148 valence electrons. The van der Waals surface area contributed by atoms with E-state index in [0.717, 1.165) is 11.3 Å². The molecule has 0 saturated carbocycles. The molecule has 9 nitrogen and oxygen atoms in total. The Labute approximate surface area is 166 Å². The van der Waals surface area contributed by atoms with Crippen molar-refractivity contribution in [2.75, 3.05) is 18.5 Å². The minimum Gasteiger partial charge on any atom is -0.474 e. The fourth-order valence-electron chi connectivity index (χ4n) is 1.85. The largest absolute Gasteiger partial charge is 0.474 e. The molecule has 5 N–H and O–H groups in total. The third kappa shape index (κ3) is 5.33. The number of amides is 1. The smallest absolute Gasteiger partial charge is 0.394 e. The first-order chi connectivity index (χ1) is 13.4. The van der Waals surface area contributed by atoms with E-state index in [0.29, 0.717) is 12.2 Å². The molecule has 2 heterocycles. The second-order valence-corrected chi connectivity index (χ2v) is 6.25. The van der Waals surface area contributed by atoms with Crippen molar-refractivity contribution in [3.63, 3.8) is 0 Å². The molecule has 0 unspecified atom stereocenters. The Morgan fingerprint density at radius 3 is 2.68 bits per heavy atom. The van der Waals surface area contributed by atoms with Crippen molar-refractivity contribution in [3.8, 4) is 22.7 Å². The molecule has 0 radical (unpaired) electrons. The number of thiazole rings is 1. The SMILES string of the molecule is NCCO.O=C(O)C(=O)Nc1nc(-c2cc(-c3c(F)cccc3Cl)no2)cs1. The van der Waals surface area contributed by atoms with Crippen LogP contribution >= 0.6 is 22.9 Å². The minimum absolute atomic E-state index is 0.0827. The van der Waals surface area contributed by atoms with Gasteiger partial charge in [-0.1, -0.05) is 22.8 Å². The molecule has 0 fully saturated rings. The third-order valence-electron chi connectivity index (χ3n) is 3.03. The van der Waals surface area contributed by atoms with Crippen molar-refractivity contribution >= 4 is 39.9 Å². The van der Waals surface area contributed by atoms with Gasteiger partial charge in [-0.25, -0.2) is 14.2 Å². The number of carbonyl (C=O) groups excluding carboxylic acids is 1. The van der Waals surface area contributed by atoms with Gasteiger partial charge >= 0.3 is 11.9 Å². The Kier molecular flexibility index (Phi) is 7.58. The van der Waals surface area contributed by atoms with Crippen LogP contribution in [0, 0.1) is 5.82 Å². The number of benzene rings is 1. The molecule has 0 atom stereocenters. The molecule has 3 rings (SSSR count). The maximum atomic E-state index is 13.9. The van der Waals surface area contributed by atoms with Crippen LogP contribution in [-0.4, -0.2) is 45.4 Å². The lowest BCUT2D eigenvalue weighted by molar-refractivity contribution is -0.147. The van der Waals surface area contributed by atoms with Gasteiger partial charge in [0.25, 0.3) is 0 Å². The monoisotopic (exact) mass is 428 g/mol. The number of anilines is 1. The van der Waals surface area contributed by atoms with Crippen molar-refractivity contribution in [1.29, 1.82) is 0 Å². The lowest BCUT2D eigenvalue weighted by Gasteiger charge is -2.00. The number of nitrogens with one attached hydrogen (secondary N) is 1. The van der Waals surface area contributed by atoms with Gasteiger partial charge in [0.1, 0.15) is 17.2 Å². The molecular formula is C16H14ClFN4O5S. The summed E-state index contributed by atoms with van der Waals surface area (Å²) in [6.07, 6.45) is 0. The number of nitrogens with two attached hydrogens (primary N) is 1. The summed E-state index contributed by atoms with van der Waals surface area (Å²) in [6.45, 7) is 0.472. The van der Waals surface area contributed by atoms with Crippen LogP contribution in [0.5, 0.6) is 0 Å². The molecule has 28 heavy (non-hydrogen) atoms. The molecule has 1 amide bonds. The summed E-state index contributed by atoms with van der Waals surface area (Å²) < 4.78 is 19.0. The summed E-state index contributed by atoms with van der Waals surface area (Å²) >= 11 is 6.98. The third-order valence-corrected chi connectivity index (χ3v) is 4.10. The van der Waals surface area contributed by atoms with Gasteiger partial charge in [0.2, 0.25) is 0 Å². The lowest BCUT2D eigenvalue weighted by atomic mass is 10.1. The fraction of sp³-hybridized carbons (Fsp3) is 0.125. The van der Waals surface area contributed by atoms with E-state index in [4.69, 9.17) is 32.1 Å². The van der Waals surface area contributed by atoms with Crippen LogP contribution in [0.4, 0.5) is 9.52 Å². The van der Waals surface area contributed by atoms with Gasteiger partial charge in [0.15, 0.2) is 10.9 Å². The number of carboxylic acid groups (broad SMARTS) is 1. The van der Waals surface area contributed by atoms with E-state index >= 15 is 0 Å². The van der Waals surface area contributed by atoms with E-state index in [1.165, 1.54) is 29.6 Å². The summed E-state index contributed by atoms with van der Waals surface area (Å²) in [6, 6.07) is 5.69. The number of rotatable bonds is 4. The Hall–Kier alpha value is -2.86. The van der Waals surface area contributed by atoms with E-state index in [1.807, 2.05) is 0 Å². The van der Waals surface area contributed by atoms with E-state index in [9.17, 15) is 14.0 Å². The van der Waals surface area contributed by atoms with Crippen molar-refractivity contribution in [1.82, 2.24) is 10.1 Å². The predicted molar refractivity (Wildman–Crippen MR) is 100 cm³/mol. The summed E-state index contributed by atoms with van der Waals surface area (Å²) in [5, 5.41) is 24.0. The maximum absolute atomic E-state index is 13.9. The van der Waals surface area contributed by atoms with E-state index in [1.54, 1.807) is 0 Å². The second-order valence-electron chi connectivity index (χ2n) is 4.98. The second kappa shape index (κ2) is 9.90. The molecule has 0 saturated heterocycles. The lowest BCUT2D eigenvalue weighted by Crippen LogP contribution is -2.21. The topological polar surface area (TPSA) is 152 Å². The summed E-state index contributed by atoms with van der Waals surface area (Å²) in [5.74, 6) is -3.15. The predicted octanol–water partition coefficient (Wildman–Crippen LogP) is 2.22. The number of hydrogen-bond donors (Lipinski definition) is 4. The van der Waals surface area contributed by atoms with Gasteiger partial charge in [0.05, 0.1) is 17.2 Å². The Morgan fingerprint density at radius 2 is 2.07 bits per heavy atom. The highest BCUT2D eigenvalue weighted by Crippen LogP contribution is 2.33. The van der Waals surface area contributed by atoms with Crippen molar-refractivity contribution in [2.45, 2.75) is 0 Å². The molecule has 0 aliphatic carbocycles. The molecule has 0 aliphatic rings. The number of nitrogens with zero attached hydrogens (tertiary/aromatic N) is 2. The molecule has 2 aromatic heterocycles. The average Bonchev–Trinajstić information content (AvgIpc) is 3.31. The van der Waals surface area contributed by atoms with Crippen molar-refractivity contribution in [2.24, 2.45) is 5.73 Å². The summed E-state index contributed by atoms with van der Waals surface area (Å²) in [5.41, 5.74) is 5.38. The normalized spacial score (nSPS) is 10.1. The number of carboxylic acids is 1. The van der Waals surface area contributed by atoms with Gasteiger partial charge in [-0.2, -0.15) is 0 Å². The minimum atomic E-state index is -1.62. The number of halogens is 2. The zero-order valence-electron chi connectivity index (χ0n) is 14.1. The standard InChI is InChI=1S/C14H7ClFN3O4S.C2H7NO/c15-6-2-1-3-7(16)11(6)8-4-10(23-19-8)9-5-24-14(17-9)18-12(20)13(21)22;3-1-2-4/h1-5H,(H,21,22)(H,17,18,20);4H,1-3H2. The van der Waals surface area contributed by atoms with Gasteiger partial charge in [-0.15, -0.1) is 11.3 Å². The molecule has 0 bridgehead atoms. The number of carbonyl (C=O) groups is 2. The molecule has 0 aliphatic heterocycles. The fourth-order valence-corrected chi connectivity index (χ4v) is 2.81. The first-order valence-corrected chi connectivity index (χ1v) is 8.85. The van der Waals surface area contributed by atoms with Crippen LogP contribution in [0.25, 0.3) is 22.7 Å². The molecule has 3 aromatic rings. The molecule has 1 aromatic carbocycles. The van der Waals surface area contributed by atoms with Crippen LogP contribution < -0.4 is 11.1 Å². The number of aromatic nitrogens is 2. The highest BCUT2D eigenvalue weighted by Gasteiger charge is 2.18. The van der Waals surface area contributed by atoms with E-state index in [-0.39, 0.29) is 33.8 Å². The van der Waals surface area contributed by atoms with Crippen LogP contribution in [0.15, 0.2) is 34.2 Å². The Morgan fingerprint density at radius 1 is 1.36 bits per heavy atom. The van der Waals surface area contributed by atoms with Gasteiger partial charge in [-0.3, -0.25) is 10.1 Å². The highest BCUT2D eigenvalue weighted by molar-refractivity contribution is 7.14. The quantitative estimate of drug-likeness (QED) is 0.461. The number of aliphatic carboxylic acids is 1. The Balaban J connectivity index is 0.000000640. The van der Waals surface area contributed by atoms with Gasteiger partial charge in [0, 0.05) is 18.0 Å². The van der Waals surface area contributed by atoms with Crippen LogP contribution in [0.2, 0.25) is 5.02 Å². The number of aliphatic hydroxyl groups excluding tert-OH is 1. The van der Waals surface area contributed by atoms with E-state index in [2.05, 4.69) is 15.5 Å². The number of hydrogen-bond acceptors (Lipinski definition) is 8. The maximum Gasteiger partial charge on any atom is 0.394 e. The Bertz CT molecular complexity index is 955. The summed E-state index contributed by atoms with van der Waals surface area (Å²) in [4.78, 5) is 25.6. The first kappa shape index (κ1) is 21.4. The average molecular weight is 429 g/mol. The first-order valence-electron chi connectivity index (χ1n) is 7.59. The van der Waals surface area contributed by atoms with E-state index < -0.39 is 17.7 Å². The van der Waals surface area contributed by atoms with Crippen molar-refractivity contribution in [3.05, 3.63) is 40.5 Å². The van der Waals surface area contributed by atoms with Crippen LogP contribution in [0.1, 0.15) is 0 Å². The van der Waals surface area contributed by atoms with Crippen molar-refractivity contribution < 1.29 is 28.7 Å². The highest BCUT2D eigenvalue weighted by atomic mass is 35.5. The molecule has 0 spiro atoms. The van der Waals surface area contributed by atoms with Gasteiger partial charge in [-0.05, 0) is 12.1 Å². The zero-order chi connectivity index (χ0) is 20.7. The summed E-state index contributed by atoms with van der Waals surface area (Å²) in [7, 11) is 0. The zero-order valence-corrected chi connectivity index (χ0v) is 15.6. The van der Waals surface area contributed by atoms with Crippen LogP contribution in [0.3, 0.4) is 0 Å². The molecule has 12 heteroatoms. The van der Waals surface area contributed by atoms with Gasteiger partial charge < -0.3 is 20.5 Å².